The molecule has 0 spiro atoms. The summed E-state index contributed by atoms with van der Waals surface area (Å²) < 4.78 is 49.8. The van der Waals surface area contributed by atoms with Crippen LogP contribution in [0, 0.1) is 0 Å². The molecule has 1 N–H and O–H groups in total. The molecule has 1 aliphatic carbocycles. The SMILES string of the molecule is O=C(O)COc1cccc2c1CCCC2=CCc1nc(-c2cccc(C(F)(F)F)c2)co1. The number of rotatable bonds is 6. The average Bonchev–Trinajstić information content (AvgIpc) is 3.25. The summed E-state index contributed by atoms with van der Waals surface area (Å²) in [6.45, 7) is -0.399. The topological polar surface area (TPSA) is 72.6 Å². The van der Waals surface area contributed by atoms with Gasteiger partial charge in [0, 0.05) is 17.5 Å². The number of ether oxygens (including phenoxy) is 1. The van der Waals surface area contributed by atoms with Gasteiger partial charge in [-0.2, -0.15) is 13.2 Å². The van der Waals surface area contributed by atoms with E-state index in [-0.39, 0.29) is 0 Å². The number of nitrogens with zero attached hydrogens (tertiary/aromatic N) is 1. The number of hydrogen-bond donors (Lipinski definition) is 1. The van der Waals surface area contributed by atoms with E-state index in [0.29, 0.717) is 29.3 Å². The van der Waals surface area contributed by atoms with Gasteiger partial charge in [-0.3, -0.25) is 0 Å². The van der Waals surface area contributed by atoms with E-state index in [1.807, 2.05) is 18.2 Å². The van der Waals surface area contributed by atoms with Crippen molar-refractivity contribution in [2.24, 2.45) is 0 Å². The minimum atomic E-state index is -4.42. The van der Waals surface area contributed by atoms with Crippen LogP contribution in [0.1, 0.15) is 35.4 Å². The lowest BCUT2D eigenvalue weighted by Crippen LogP contribution is -2.12. The molecule has 0 aliphatic heterocycles. The Kier molecular flexibility index (Phi) is 6.03. The van der Waals surface area contributed by atoms with Crippen molar-refractivity contribution in [1.29, 1.82) is 0 Å². The van der Waals surface area contributed by atoms with Crippen molar-refractivity contribution in [1.82, 2.24) is 4.98 Å². The molecule has 0 atom stereocenters. The van der Waals surface area contributed by atoms with Gasteiger partial charge in [-0.15, -0.1) is 0 Å². The minimum Gasteiger partial charge on any atom is -0.482 e. The van der Waals surface area contributed by atoms with Gasteiger partial charge in [-0.25, -0.2) is 9.78 Å². The molecular weight excluding hydrogens is 423 g/mol. The van der Waals surface area contributed by atoms with Crippen LogP contribution >= 0.6 is 0 Å². The number of halogens is 3. The average molecular weight is 443 g/mol. The number of benzene rings is 2. The fourth-order valence-corrected chi connectivity index (χ4v) is 3.80. The predicted octanol–water partition coefficient (Wildman–Crippen LogP) is 5.79. The van der Waals surface area contributed by atoms with Crippen LogP contribution in [-0.2, 0) is 23.8 Å². The van der Waals surface area contributed by atoms with Gasteiger partial charge < -0.3 is 14.3 Å². The molecule has 0 saturated heterocycles. The molecule has 32 heavy (non-hydrogen) atoms. The number of oxazole rings is 1. The van der Waals surface area contributed by atoms with E-state index in [1.165, 1.54) is 12.3 Å². The Bertz CT molecular complexity index is 1160. The predicted molar refractivity (Wildman–Crippen MR) is 111 cm³/mol. The zero-order chi connectivity index (χ0) is 22.7. The maximum Gasteiger partial charge on any atom is 0.416 e. The summed E-state index contributed by atoms with van der Waals surface area (Å²) in [5, 5.41) is 8.87. The smallest absolute Gasteiger partial charge is 0.416 e. The highest BCUT2D eigenvalue weighted by molar-refractivity contribution is 5.73. The van der Waals surface area contributed by atoms with Crippen molar-refractivity contribution in [2.45, 2.75) is 31.9 Å². The van der Waals surface area contributed by atoms with Crippen LogP contribution < -0.4 is 4.74 Å². The first kappa shape index (κ1) is 21.7. The molecule has 0 fully saturated rings. The Morgan fingerprint density at radius 1 is 1.19 bits per heavy atom. The highest BCUT2D eigenvalue weighted by atomic mass is 19.4. The van der Waals surface area contributed by atoms with Gasteiger partial charge in [0.2, 0.25) is 0 Å². The monoisotopic (exact) mass is 443 g/mol. The molecule has 0 amide bonds. The molecule has 3 aromatic rings. The number of aliphatic carboxylic acids is 1. The molecule has 0 radical (unpaired) electrons. The van der Waals surface area contributed by atoms with Crippen molar-refractivity contribution in [3.8, 4) is 17.0 Å². The van der Waals surface area contributed by atoms with E-state index in [9.17, 15) is 18.0 Å². The Labute approximate surface area is 182 Å². The van der Waals surface area contributed by atoms with Crippen LogP contribution in [0.2, 0.25) is 0 Å². The normalized spacial score (nSPS) is 14.9. The van der Waals surface area contributed by atoms with E-state index in [1.54, 1.807) is 12.1 Å². The van der Waals surface area contributed by atoms with Gasteiger partial charge in [0.25, 0.3) is 0 Å². The van der Waals surface area contributed by atoms with Crippen LogP contribution in [0.25, 0.3) is 16.8 Å². The summed E-state index contributed by atoms with van der Waals surface area (Å²) in [4.78, 5) is 15.2. The van der Waals surface area contributed by atoms with Crippen LogP contribution in [0.15, 0.2) is 59.2 Å². The molecule has 0 saturated carbocycles. The second-order valence-electron chi connectivity index (χ2n) is 7.46. The van der Waals surface area contributed by atoms with Gasteiger partial charge in [0.1, 0.15) is 17.7 Å². The Balaban J connectivity index is 1.53. The molecule has 0 bridgehead atoms. The minimum absolute atomic E-state index is 0.339. The summed E-state index contributed by atoms with van der Waals surface area (Å²) in [7, 11) is 0. The molecule has 1 aromatic heterocycles. The van der Waals surface area contributed by atoms with Gasteiger partial charge in [-0.1, -0.05) is 30.3 Å². The molecular formula is C24H20F3NO4. The second kappa shape index (κ2) is 8.90. The van der Waals surface area contributed by atoms with Crippen LogP contribution in [0.4, 0.5) is 13.2 Å². The highest BCUT2D eigenvalue weighted by Crippen LogP contribution is 2.36. The number of allylic oxidation sites excluding steroid dienone is 2. The molecule has 1 aliphatic rings. The number of carbonyl (C=O) groups is 1. The third-order valence-corrected chi connectivity index (χ3v) is 5.26. The number of alkyl halides is 3. The Hall–Kier alpha value is -3.55. The van der Waals surface area contributed by atoms with Crippen molar-refractivity contribution in [3.05, 3.63) is 77.4 Å². The standard InChI is InChI=1S/C24H20F3NO4/c25-24(26,27)17-6-1-5-16(12-17)20-13-32-22(28-20)11-10-15-4-2-8-19-18(15)7-3-9-21(19)31-14-23(29)30/h1,3,5-7,9-10,12-13H,2,4,8,11,14H2,(H,29,30). The first-order chi connectivity index (χ1) is 15.3. The molecule has 1 heterocycles. The maximum atomic E-state index is 13.0. The van der Waals surface area contributed by atoms with E-state index in [4.69, 9.17) is 14.3 Å². The first-order valence-corrected chi connectivity index (χ1v) is 10.1. The van der Waals surface area contributed by atoms with Crippen LogP contribution in [0.3, 0.4) is 0 Å². The Morgan fingerprint density at radius 2 is 2.00 bits per heavy atom. The lowest BCUT2D eigenvalue weighted by molar-refractivity contribution is -0.139. The zero-order valence-electron chi connectivity index (χ0n) is 17.0. The summed E-state index contributed by atoms with van der Waals surface area (Å²) in [5.41, 5.74) is 3.00. The summed E-state index contributed by atoms with van der Waals surface area (Å²) in [5.74, 6) is -0.0663. The van der Waals surface area contributed by atoms with E-state index in [2.05, 4.69) is 4.98 Å². The van der Waals surface area contributed by atoms with Gasteiger partial charge in [-0.05, 0) is 48.6 Å². The number of fused-ring (bicyclic) bond motifs is 1. The number of carboxylic acids is 1. The molecule has 0 unspecified atom stereocenters. The van der Waals surface area contributed by atoms with Gasteiger partial charge in [0.15, 0.2) is 12.5 Å². The van der Waals surface area contributed by atoms with E-state index in [0.717, 1.165) is 48.1 Å². The Morgan fingerprint density at radius 3 is 2.78 bits per heavy atom. The largest absolute Gasteiger partial charge is 0.482 e. The van der Waals surface area contributed by atoms with E-state index >= 15 is 0 Å². The van der Waals surface area contributed by atoms with E-state index < -0.39 is 24.3 Å². The number of carboxylic acid groups (broad SMARTS) is 1. The molecule has 8 heteroatoms. The summed E-state index contributed by atoms with van der Waals surface area (Å²) >= 11 is 0. The zero-order valence-corrected chi connectivity index (χ0v) is 17.0. The third-order valence-electron chi connectivity index (χ3n) is 5.26. The van der Waals surface area contributed by atoms with Crippen molar-refractivity contribution >= 4 is 11.5 Å². The summed E-state index contributed by atoms with van der Waals surface area (Å²) in [6.07, 6.45) is 1.84. The number of hydrogen-bond acceptors (Lipinski definition) is 4. The molecule has 166 valence electrons. The van der Waals surface area contributed by atoms with Gasteiger partial charge in [0.05, 0.1) is 5.56 Å². The first-order valence-electron chi connectivity index (χ1n) is 10.1. The maximum absolute atomic E-state index is 13.0. The second-order valence-corrected chi connectivity index (χ2v) is 7.46. The lowest BCUT2D eigenvalue weighted by atomic mass is 9.86. The quantitative estimate of drug-likeness (QED) is 0.522. The highest BCUT2D eigenvalue weighted by Gasteiger charge is 2.30. The summed E-state index contributed by atoms with van der Waals surface area (Å²) in [6, 6.07) is 10.5. The van der Waals surface area contributed by atoms with Crippen LogP contribution in [-0.4, -0.2) is 22.7 Å². The van der Waals surface area contributed by atoms with Gasteiger partial charge >= 0.3 is 12.1 Å². The van der Waals surface area contributed by atoms with Crippen molar-refractivity contribution in [3.63, 3.8) is 0 Å². The van der Waals surface area contributed by atoms with Crippen molar-refractivity contribution < 1.29 is 32.2 Å². The lowest BCUT2D eigenvalue weighted by Gasteiger charge is -2.21. The third kappa shape index (κ3) is 4.85. The van der Waals surface area contributed by atoms with Crippen molar-refractivity contribution in [2.75, 3.05) is 6.61 Å². The molecule has 5 nitrogen and oxygen atoms in total. The molecule has 4 rings (SSSR count). The number of aromatic nitrogens is 1. The fourth-order valence-electron chi connectivity index (χ4n) is 3.80. The fraction of sp³-hybridized carbons (Fsp3) is 0.250. The van der Waals surface area contributed by atoms with Crippen LogP contribution in [0.5, 0.6) is 5.75 Å². The molecule has 2 aromatic carbocycles.